The van der Waals surface area contributed by atoms with Crippen molar-refractivity contribution in [3.05, 3.63) is 63.6 Å². The third-order valence-electron chi connectivity index (χ3n) is 8.59. The highest BCUT2D eigenvalue weighted by Gasteiger charge is 2.64. The van der Waals surface area contributed by atoms with Crippen LogP contribution >= 0.6 is 23.2 Å². The lowest BCUT2D eigenvalue weighted by atomic mass is 9.54. The van der Waals surface area contributed by atoms with Crippen LogP contribution in [0.15, 0.2) is 42.5 Å². The number of benzene rings is 2. The summed E-state index contributed by atoms with van der Waals surface area (Å²) in [5, 5.41) is 4.11. The predicted octanol–water partition coefficient (Wildman–Crippen LogP) is 5.88. The van der Waals surface area contributed by atoms with Crippen molar-refractivity contribution in [2.75, 3.05) is 26.7 Å². The molecule has 1 saturated carbocycles. The summed E-state index contributed by atoms with van der Waals surface area (Å²) >= 11 is 12.2. The number of rotatable bonds is 8. The standard InChI is InChI=1S/C32H40Cl2N2O5/c1-21(2)19-36(5)14-13-31(25-7-6-8-27(17-25)40-22(3)37)18-26(11-12-32(31,20-36)41-23(4)38)35-30(39)16-24-9-10-28(33)29(34)15-24/h6-10,15,17,21,26H,11-14,16,18-20H2,1-5H3/p+1/t26-,31+,32?,36-/m0/s1. The van der Waals surface area contributed by atoms with Crippen LogP contribution in [0.2, 0.25) is 10.0 Å². The van der Waals surface area contributed by atoms with Crippen LogP contribution in [-0.2, 0) is 31.0 Å². The van der Waals surface area contributed by atoms with E-state index in [1.807, 2.05) is 18.2 Å². The van der Waals surface area contributed by atoms with Crippen molar-refractivity contribution < 1.29 is 28.3 Å². The Labute approximate surface area is 253 Å². The molecule has 1 saturated heterocycles. The number of fused-ring (bicyclic) bond motifs is 1. The molecule has 1 N–H and O–H groups in total. The zero-order valence-corrected chi connectivity index (χ0v) is 26.1. The highest BCUT2D eigenvalue weighted by Crippen LogP contribution is 2.55. The SMILES string of the molecule is CC(=O)Oc1cccc([C@]23CC[N@@+](C)(CC(C)C)CC2(OC(C)=O)CC[C@H](NC(=O)Cc2ccc(Cl)c(Cl)c2)C3)c1. The number of hydrogen-bond acceptors (Lipinski definition) is 5. The first-order valence-electron chi connectivity index (χ1n) is 14.3. The summed E-state index contributed by atoms with van der Waals surface area (Å²) in [6, 6.07) is 12.7. The average Bonchev–Trinajstić information content (AvgIpc) is 2.85. The first-order valence-corrected chi connectivity index (χ1v) is 15.1. The largest absolute Gasteiger partial charge is 0.452 e. The number of esters is 2. The first kappa shape index (κ1) is 31.3. The number of likely N-dealkylation sites (N-methyl/N-ethyl adjacent to an activating group) is 1. The van der Waals surface area contributed by atoms with Gasteiger partial charge in [-0.15, -0.1) is 0 Å². The molecule has 1 unspecified atom stereocenters. The summed E-state index contributed by atoms with van der Waals surface area (Å²) in [7, 11) is 2.25. The maximum atomic E-state index is 13.2. The molecule has 4 atom stereocenters. The summed E-state index contributed by atoms with van der Waals surface area (Å²) in [6.45, 7) is 9.82. The third-order valence-corrected chi connectivity index (χ3v) is 9.33. The Balaban J connectivity index is 1.70. The van der Waals surface area contributed by atoms with Gasteiger partial charge < -0.3 is 19.3 Å². The molecule has 1 heterocycles. The molecule has 1 aliphatic carbocycles. The minimum atomic E-state index is -0.777. The fourth-order valence-electron chi connectivity index (χ4n) is 7.35. The van der Waals surface area contributed by atoms with Crippen molar-refractivity contribution in [1.82, 2.24) is 5.32 Å². The molecule has 2 fully saturated rings. The number of hydrogen-bond donors (Lipinski definition) is 1. The number of nitrogens with one attached hydrogen (secondary N) is 1. The Morgan fingerprint density at radius 1 is 1.05 bits per heavy atom. The first-order chi connectivity index (χ1) is 19.2. The normalized spacial score (nSPS) is 27.6. The van der Waals surface area contributed by atoms with Crippen LogP contribution in [0.3, 0.4) is 0 Å². The molecule has 0 radical (unpaired) electrons. The van der Waals surface area contributed by atoms with E-state index in [0.29, 0.717) is 47.5 Å². The van der Waals surface area contributed by atoms with Crippen LogP contribution in [0.25, 0.3) is 0 Å². The molecule has 1 amide bonds. The number of carbonyl (C=O) groups is 3. The van der Waals surface area contributed by atoms with Crippen molar-refractivity contribution in [1.29, 1.82) is 0 Å². The van der Waals surface area contributed by atoms with Gasteiger partial charge in [-0.3, -0.25) is 14.4 Å². The van der Waals surface area contributed by atoms with E-state index in [2.05, 4.69) is 26.2 Å². The maximum absolute atomic E-state index is 13.2. The fourth-order valence-corrected chi connectivity index (χ4v) is 7.67. The molecule has 4 rings (SSSR count). The quantitative estimate of drug-likeness (QED) is 0.232. The van der Waals surface area contributed by atoms with Crippen molar-refractivity contribution in [2.24, 2.45) is 5.92 Å². The van der Waals surface area contributed by atoms with E-state index in [9.17, 15) is 14.4 Å². The van der Waals surface area contributed by atoms with Gasteiger partial charge in [0.15, 0.2) is 5.60 Å². The molecule has 7 nitrogen and oxygen atoms in total. The minimum absolute atomic E-state index is 0.103. The van der Waals surface area contributed by atoms with E-state index in [1.54, 1.807) is 24.3 Å². The second kappa shape index (κ2) is 12.3. The van der Waals surface area contributed by atoms with Crippen molar-refractivity contribution in [3.8, 4) is 5.75 Å². The van der Waals surface area contributed by atoms with Crippen LogP contribution in [0.5, 0.6) is 5.75 Å². The molecule has 0 aromatic heterocycles. The maximum Gasteiger partial charge on any atom is 0.308 e. The number of ether oxygens (including phenoxy) is 2. The third kappa shape index (κ3) is 7.07. The number of carbonyl (C=O) groups excluding carboxylic acids is 3. The molecule has 9 heteroatoms. The van der Waals surface area contributed by atoms with Gasteiger partial charge in [-0.05, 0) is 54.7 Å². The summed E-state index contributed by atoms with van der Waals surface area (Å²) in [6.07, 6.45) is 2.81. The number of nitrogens with zero attached hydrogens (tertiary/aromatic N) is 1. The molecular formula is C32H41Cl2N2O5+. The van der Waals surface area contributed by atoms with Gasteiger partial charge in [-0.25, -0.2) is 0 Å². The molecular weight excluding hydrogens is 563 g/mol. The van der Waals surface area contributed by atoms with Gasteiger partial charge in [0.1, 0.15) is 12.3 Å². The lowest BCUT2D eigenvalue weighted by Gasteiger charge is -2.61. The second-order valence-electron chi connectivity index (χ2n) is 12.6. The Kier molecular flexibility index (Phi) is 9.42. The van der Waals surface area contributed by atoms with Gasteiger partial charge in [0.2, 0.25) is 5.91 Å². The number of amides is 1. The number of piperidine rings is 1. The summed E-state index contributed by atoms with van der Waals surface area (Å²) < 4.78 is 12.7. The molecule has 0 spiro atoms. The van der Waals surface area contributed by atoms with Crippen LogP contribution in [0.4, 0.5) is 0 Å². The molecule has 2 aromatic rings. The molecule has 2 aromatic carbocycles. The average molecular weight is 605 g/mol. The molecule has 1 aliphatic heterocycles. The van der Waals surface area contributed by atoms with E-state index in [0.717, 1.165) is 35.1 Å². The van der Waals surface area contributed by atoms with Gasteiger partial charge in [-0.2, -0.15) is 0 Å². The summed E-state index contributed by atoms with van der Waals surface area (Å²) in [5.74, 6) is 0.119. The van der Waals surface area contributed by atoms with E-state index >= 15 is 0 Å². The zero-order valence-electron chi connectivity index (χ0n) is 24.6. The second-order valence-corrected chi connectivity index (χ2v) is 13.4. The van der Waals surface area contributed by atoms with Crippen LogP contribution in [0.1, 0.15) is 64.5 Å². The van der Waals surface area contributed by atoms with E-state index in [-0.39, 0.29) is 24.3 Å². The van der Waals surface area contributed by atoms with Crippen molar-refractivity contribution in [3.63, 3.8) is 0 Å². The molecule has 2 aliphatic rings. The highest BCUT2D eigenvalue weighted by molar-refractivity contribution is 6.42. The van der Waals surface area contributed by atoms with Crippen LogP contribution in [0, 0.1) is 5.92 Å². The van der Waals surface area contributed by atoms with Gasteiger partial charge in [0, 0.05) is 37.6 Å². The number of likely N-dealkylation sites (tertiary alicyclic amines) is 1. The molecule has 222 valence electrons. The van der Waals surface area contributed by atoms with E-state index < -0.39 is 17.0 Å². The van der Waals surface area contributed by atoms with Gasteiger partial charge >= 0.3 is 11.9 Å². The topological polar surface area (TPSA) is 81.7 Å². The Morgan fingerprint density at radius 3 is 2.46 bits per heavy atom. The number of halogens is 2. The van der Waals surface area contributed by atoms with Gasteiger partial charge in [-0.1, -0.05) is 55.2 Å². The Hall–Kier alpha value is -2.61. The van der Waals surface area contributed by atoms with Gasteiger partial charge in [0.25, 0.3) is 0 Å². The monoisotopic (exact) mass is 603 g/mol. The van der Waals surface area contributed by atoms with Crippen molar-refractivity contribution >= 4 is 41.0 Å². The fraction of sp³-hybridized carbons (Fsp3) is 0.531. The summed E-state index contributed by atoms with van der Waals surface area (Å²) in [4.78, 5) is 37.7. The van der Waals surface area contributed by atoms with Gasteiger partial charge in [0.05, 0.1) is 36.6 Å². The van der Waals surface area contributed by atoms with E-state index in [1.165, 1.54) is 13.8 Å². The lowest BCUT2D eigenvalue weighted by Crippen LogP contribution is -2.73. The van der Waals surface area contributed by atoms with Crippen LogP contribution in [-0.4, -0.2) is 60.7 Å². The van der Waals surface area contributed by atoms with Crippen LogP contribution < -0.4 is 10.1 Å². The Morgan fingerprint density at radius 2 is 1.80 bits per heavy atom. The van der Waals surface area contributed by atoms with E-state index in [4.69, 9.17) is 32.7 Å². The van der Waals surface area contributed by atoms with Crippen molar-refractivity contribution in [2.45, 2.75) is 76.9 Å². The molecule has 0 bridgehead atoms. The number of quaternary nitrogens is 1. The Bertz CT molecular complexity index is 1320. The lowest BCUT2D eigenvalue weighted by molar-refractivity contribution is -0.925. The minimum Gasteiger partial charge on any atom is -0.452 e. The summed E-state index contributed by atoms with van der Waals surface area (Å²) in [5.41, 5.74) is 0.381. The molecule has 41 heavy (non-hydrogen) atoms. The smallest absolute Gasteiger partial charge is 0.308 e. The highest BCUT2D eigenvalue weighted by atomic mass is 35.5. The predicted molar refractivity (Wildman–Crippen MR) is 160 cm³/mol. The zero-order chi connectivity index (χ0) is 30.0.